The third kappa shape index (κ3) is 2.73. The molecule has 1 aliphatic carbocycles. The summed E-state index contributed by atoms with van der Waals surface area (Å²) in [6.45, 7) is 6.55. The van der Waals surface area contributed by atoms with Crippen LogP contribution in [0, 0.1) is 5.92 Å². The molecule has 0 amide bonds. The van der Waals surface area contributed by atoms with E-state index in [4.69, 9.17) is 0 Å². The van der Waals surface area contributed by atoms with E-state index in [1.807, 2.05) is 6.07 Å². The molecule has 0 bridgehead atoms. The molecule has 2 rings (SSSR count). The van der Waals surface area contributed by atoms with Gasteiger partial charge in [0.05, 0.1) is 0 Å². The molecule has 1 aliphatic rings. The number of hydrogen-bond donors (Lipinski definition) is 1. The van der Waals surface area contributed by atoms with Crippen molar-refractivity contribution in [2.24, 2.45) is 5.92 Å². The highest BCUT2D eigenvalue weighted by Gasteiger charge is 2.37. The van der Waals surface area contributed by atoms with Gasteiger partial charge in [0, 0.05) is 18.0 Å². The molecule has 1 heterocycles. The van der Waals surface area contributed by atoms with Crippen molar-refractivity contribution in [1.82, 2.24) is 9.97 Å². The smallest absolute Gasteiger partial charge is 0.131 e. The van der Waals surface area contributed by atoms with Crippen LogP contribution in [0.1, 0.15) is 39.4 Å². The first-order valence-corrected chi connectivity index (χ1v) is 6.62. The van der Waals surface area contributed by atoms with Crippen molar-refractivity contribution in [3.05, 3.63) is 16.5 Å². The second-order valence-corrected chi connectivity index (χ2v) is 5.78. The molecule has 0 saturated heterocycles. The van der Waals surface area contributed by atoms with E-state index in [9.17, 15) is 0 Å². The highest BCUT2D eigenvalue weighted by Crippen LogP contribution is 2.40. The topological polar surface area (TPSA) is 37.8 Å². The molecule has 88 valence electrons. The van der Waals surface area contributed by atoms with E-state index >= 15 is 0 Å². The molecular weight excluding hydrogens is 266 g/mol. The minimum Gasteiger partial charge on any atom is -0.365 e. The third-order valence-electron chi connectivity index (χ3n) is 3.11. The first kappa shape index (κ1) is 11.8. The maximum atomic E-state index is 4.50. The van der Waals surface area contributed by atoms with E-state index in [-0.39, 0.29) is 5.54 Å². The summed E-state index contributed by atoms with van der Waals surface area (Å²) in [4.78, 5) is 8.80. The fraction of sp³-hybridized carbons (Fsp3) is 0.667. The van der Waals surface area contributed by atoms with Crippen molar-refractivity contribution in [3.8, 4) is 0 Å². The Morgan fingerprint density at radius 2 is 2.12 bits per heavy atom. The Hall–Kier alpha value is -0.640. The second kappa shape index (κ2) is 4.32. The van der Waals surface area contributed by atoms with E-state index in [2.05, 4.69) is 52.0 Å². The van der Waals surface area contributed by atoms with Gasteiger partial charge < -0.3 is 5.32 Å². The first-order valence-electron chi connectivity index (χ1n) is 5.83. The van der Waals surface area contributed by atoms with Crippen LogP contribution >= 0.6 is 15.9 Å². The van der Waals surface area contributed by atoms with Gasteiger partial charge in [0.1, 0.15) is 16.2 Å². The zero-order valence-electron chi connectivity index (χ0n) is 10.0. The maximum absolute atomic E-state index is 4.50. The highest BCUT2D eigenvalue weighted by molar-refractivity contribution is 9.10. The van der Waals surface area contributed by atoms with Gasteiger partial charge in [-0.3, -0.25) is 0 Å². The zero-order valence-corrected chi connectivity index (χ0v) is 11.6. The molecule has 4 heteroatoms. The van der Waals surface area contributed by atoms with Gasteiger partial charge in [-0.05, 0) is 48.5 Å². The average molecular weight is 284 g/mol. The van der Waals surface area contributed by atoms with Crippen molar-refractivity contribution < 1.29 is 0 Å². The fourth-order valence-corrected chi connectivity index (χ4v) is 2.35. The number of aromatic nitrogens is 2. The molecule has 3 nitrogen and oxygen atoms in total. The Bertz CT molecular complexity index is 386. The summed E-state index contributed by atoms with van der Waals surface area (Å²) in [5, 5.41) is 3.51. The molecule has 1 aromatic heterocycles. The number of rotatable bonds is 4. The molecule has 0 aromatic carbocycles. The maximum Gasteiger partial charge on any atom is 0.131 e. The van der Waals surface area contributed by atoms with E-state index in [1.165, 1.54) is 12.8 Å². The van der Waals surface area contributed by atoms with Crippen LogP contribution in [0.5, 0.6) is 0 Å². The Morgan fingerprint density at radius 1 is 1.44 bits per heavy atom. The monoisotopic (exact) mass is 283 g/mol. The van der Waals surface area contributed by atoms with Gasteiger partial charge in [0.25, 0.3) is 0 Å². The quantitative estimate of drug-likeness (QED) is 0.861. The molecule has 0 spiro atoms. The number of hydrogen-bond acceptors (Lipinski definition) is 3. The Labute approximate surface area is 105 Å². The Kier molecular flexibility index (Phi) is 3.19. The molecule has 0 radical (unpaired) electrons. The summed E-state index contributed by atoms with van der Waals surface area (Å²) >= 11 is 3.42. The van der Waals surface area contributed by atoms with Gasteiger partial charge in [-0.1, -0.05) is 6.92 Å². The summed E-state index contributed by atoms with van der Waals surface area (Å²) in [7, 11) is 0. The lowest BCUT2D eigenvalue weighted by Gasteiger charge is -2.27. The minimum absolute atomic E-state index is 0.138. The number of halogens is 1. The molecule has 1 N–H and O–H groups in total. The van der Waals surface area contributed by atoms with Crippen LogP contribution in [-0.4, -0.2) is 15.5 Å². The third-order valence-corrected chi connectivity index (χ3v) is 3.51. The molecule has 0 atom stereocenters. The minimum atomic E-state index is 0.138. The Balaban J connectivity index is 2.16. The van der Waals surface area contributed by atoms with Crippen LogP contribution in [-0.2, 0) is 6.42 Å². The average Bonchev–Trinajstić information content (AvgIpc) is 2.98. The summed E-state index contributed by atoms with van der Waals surface area (Å²) in [6, 6.07) is 1.95. The van der Waals surface area contributed by atoms with Gasteiger partial charge >= 0.3 is 0 Å². The van der Waals surface area contributed by atoms with Crippen LogP contribution < -0.4 is 5.32 Å². The van der Waals surface area contributed by atoms with Gasteiger partial charge in [-0.2, -0.15) is 0 Å². The van der Waals surface area contributed by atoms with Gasteiger partial charge in [0.2, 0.25) is 0 Å². The van der Waals surface area contributed by atoms with Crippen molar-refractivity contribution in [2.75, 3.05) is 5.32 Å². The van der Waals surface area contributed by atoms with Gasteiger partial charge in [0.15, 0.2) is 0 Å². The summed E-state index contributed by atoms with van der Waals surface area (Å²) < 4.78 is 0.855. The fourth-order valence-electron chi connectivity index (χ4n) is 1.92. The summed E-state index contributed by atoms with van der Waals surface area (Å²) in [5.41, 5.74) is 0.138. The van der Waals surface area contributed by atoms with Gasteiger partial charge in [-0.25, -0.2) is 9.97 Å². The first-order chi connectivity index (χ1) is 7.51. The van der Waals surface area contributed by atoms with E-state index in [0.29, 0.717) is 0 Å². The molecule has 1 fully saturated rings. The van der Waals surface area contributed by atoms with Crippen molar-refractivity contribution in [2.45, 2.75) is 45.6 Å². The van der Waals surface area contributed by atoms with Crippen molar-refractivity contribution >= 4 is 21.7 Å². The van der Waals surface area contributed by atoms with E-state index in [0.717, 1.165) is 28.6 Å². The molecule has 0 unspecified atom stereocenters. The lowest BCUT2D eigenvalue weighted by molar-refractivity contribution is 0.492. The van der Waals surface area contributed by atoms with E-state index < -0.39 is 0 Å². The molecule has 0 aliphatic heterocycles. The van der Waals surface area contributed by atoms with Crippen LogP contribution in [0.2, 0.25) is 0 Å². The number of nitrogens with zero attached hydrogens (tertiary/aromatic N) is 2. The van der Waals surface area contributed by atoms with Crippen LogP contribution in [0.15, 0.2) is 10.7 Å². The van der Waals surface area contributed by atoms with Gasteiger partial charge in [-0.15, -0.1) is 0 Å². The number of aryl methyl sites for hydroxylation is 1. The SMILES string of the molecule is CCc1nc(Br)cc(NC(C)(C)C2CC2)n1. The summed E-state index contributed by atoms with van der Waals surface area (Å²) in [5.74, 6) is 2.59. The van der Waals surface area contributed by atoms with Crippen molar-refractivity contribution in [1.29, 1.82) is 0 Å². The molecule has 16 heavy (non-hydrogen) atoms. The van der Waals surface area contributed by atoms with Crippen LogP contribution in [0.3, 0.4) is 0 Å². The predicted octanol–water partition coefficient (Wildman–Crippen LogP) is 3.40. The van der Waals surface area contributed by atoms with Crippen molar-refractivity contribution in [3.63, 3.8) is 0 Å². The molecule has 1 aromatic rings. The normalized spacial score (nSPS) is 16.2. The number of anilines is 1. The molecular formula is C12H18BrN3. The largest absolute Gasteiger partial charge is 0.365 e. The highest BCUT2D eigenvalue weighted by atomic mass is 79.9. The Morgan fingerprint density at radius 3 is 2.69 bits per heavy atom. The van der Waals surface area contributed by atoms with E-state index in [1.54, 1.807) is 0 Å². The van der Waals surface area contributed by atoms with Crippen LogP contribution in [0.4, 0.5) is 5.82 Å². The predicted molar refractivity (Wildman–Crippen MR) is 69.5 cm³/mol. The van der Waals surface area contributed by atoms with Crippen LogP contribution in [0.25, 0.3) is 0 Å². The lowest BCUT2D eigenvalue weighted by Crippen LogP contribution is -2.33. The lowest BCUT2D eigenvalue weighted by atomic mass is 9.99. The molecule has 1 saturated carbocycles. The number of nitrogens with one attached hydrogen (secondary N) is 1. The zero-order chi connectivity index (χ0) is 11.8. The standard InChI is InChI=1S/C12H18BrN3/c1-4-10-14-9(13)7-11(15-10)16-12(2,3)8-5-6-8/h7-8H,4-6H2,1-3H3,(H,14,15,16). The summed E-state index contributed by atoms with van der Waals surface area (Å²) in [6.07, 6.45) is 3.51. The second-order valence-electron chi connectivity index (χ2n) is 4.97.